The Kier molecular flexibility index (Phi) is 9.75. The van der Waals surface area contributed by atoms with Crippen LogP contribution in [0.3, 0.4) is 0 Å². The number of benzene rings is 8. The zero-order valence-corrected chi connectivity index (χ0v) is 41.9. The number of anilines is 4. The van der Waals surface area contributed by atoms with E-state index in [2.05, 4.69) is 226 Å². The molecule has 0 spiro atoms. The van der Waals surface area contributed by atoms with Gasteiger partial charge in [-0.15, -0.1) is 48.1 Å². The molecule has 0 radical (unpaired) electrons. The molecule has 10 aromatic rings. The van der Waals surface area contributed by atoms with E-state index in [4.69, 9.17) is 9.72 Å². The molecule has 17 rings (SSSR count). The predicted molar refractivity (Wildman–Crippen MR) is 279 cm³/mol. The van der Waals surface area contributed by atoms with Gasteiger partial charge >= 0.3 is 0 Å². The fourth-order valence-electron chi connectivity index (χ4n) is 12.5. The first-order valence-corrected chi connectivity index (χ1v) is 24.3. The summed E-state index contributed by atoms with van der Waals surface area (Å²) >= 11 is 0. The molecule has 2 aromatic heterocycles. The Morgan fingerprint density at radius 2 is 1.14 bits per heavy atom. The molecule has 344 valence electrons. The maximum absolute atomic E-state index is 6.73. The molecule has 5 nitrogen and oxygen atoms in total. The number of ether oxygens (including phenoxy) is 1. The minimum absolute atomic E-state index is 0. The maximum Gasteiger partial charge on any atom is 0.135 e. The number of fused-ring (bicyclic) bond motifs is 4. The van der Waals surface area contributed by atoms with Gasteiger partial charge in [-0.2, -0.15) is 12.1 Å². The van der Waals surface area contributed by atoms with Crippen molar-refractivity contribution in [3.8, 4) is 17.3 Å². The van der Waals surface area contributed by atoms with Gasteiger partial charge in [-0.3, -0.25) is 0 Å². The second-order valence-electron chi connectivity index (χ2n) is 20.5. The van der Waals surface area contributed by atoms with Crippen molar-refractivity contribution in [2.75, 3.05) is 9.80 Å². The van der Waals surface area contributed by atoms with Crippen molar-refractivity contribution in [2.24, 2.45) is 0 Å². The van der Waals surface area contributed by atoms with Crippen molar-refractivity contribution in [1.29, 1.82) is 0 Å². The van der Waals surface area contributed by atoms with E-state index in [1.807, 2.05) is 18.3 Å². The van der Waals surface area contributed by atoms with E-state index in [1.165, 1.54) is 66.9 Å². The van der Waals surface area contributed by atoms with Gasteiger partial charge in [0.05, 0.1) is 0 Å². The van der Waals surface area contributed by atoms with Gasteiger partial charge in [-0.1, -0.05) is 135 Å². The molecule has 7 aliphatic rings. The van der Waals surface area contributed by atoms with Crippen molar-refractivity contribution in [1.82, 2.24) is 9.55 Å². The van der Waals surface area contributed by atoms with Crippen molar-refractivity contribution in [3.63, 3.8) is 0 Å². The van der Waals surface area contributed by atoms with Gasteiger partial charge in [0.15, 0.2) is 0 Å². The molecule has 0 amide bonds. The molecule has 0 saturated heterocycles. The van der Waals surface area contributed by atoms with Crippen LogP contribution in [-0.2, 0) is 26.5 Å². The third-order valence-electron chi connectivity index (χ3n) is 15.4. The van der Waals surface area contributed by atoms with E-state index in [0.29, 0.717) is 11.5 Å². The van der Waals surface area contributed by atoms with E-state index < -0.39 is 0 Å². The van der Waals surface area contributed by atoms with Crippen LogP contribution < -0.4 is 14.5 Å². The van der Waals surface area contributed by atoms with Gasteiger partial charge in [-0.05, 0) is 117 Å². The zero-order valence-electron chi connectivity index (χ0n) is 39.6. The van der Waals surface area contributed by atoms with Crippen LogP contribution in [0.1, 0.15) is 106 Å². The number of hydrogen-bond donors (Lipinski definition) is 0. The topological polar surface area (TPSA) is 33.5 Å². The molecule has 2 unspecified atom stereocenters. The van der Waals surface area contributed by atoms with E-state index in [9.17, 15) is 0 Å². The third kappa shape index (κ3) is 6.37. The molecule has 0 saturated carbocycles. The number of nitrogens with zero attached hydrogens (tertiary/aromatic N) is 4. The summed E-state index contributed by atoms with van der Waals surface area (Å²) in [6.45, 7) is 13.5. The van der Waals surface area contributed by atoms with Gasteiger partial charge in [0, 0.05) is 85.0 Å². The molecule has 6 aliphatic carbocycles. The fourth-order valence-corrected chi connectivity index (χ4v) is 12.5. The quantitative estimate of drug-likeness (QED) is 0.161. The van der Waals surface area contributed by atoms with Crippen molar-refractivity contribution >= 4 is 44.6 Å². The summed E-state index contributed by atoms with van der Waals surface area (Å²) in [7, 11) is 0. The number of aromatic nitrogens is 2. The summed E-state index contributed by atoms with van der Waals surface area (Å²) < 4.78 is 8.94. The summed E-state index contributed by atoms with van der Waals surface area (Å²) in [5, 5.41) is 2.25. The Balaban J connectivity index is 0.00000480. The smallest absolute Gasteiger partial charge is 0.135 e. The van der Waals surface area contributed by atoms with Gasteiger partial charge in [0.25, 0.3) is 0 Å². The monoisotopic (exact) mass is 1080 g/mol. The first-order valence-electron chi connectivity index (χ1n) is 24.3. The van der Waals surface area contributed by atoms with Crippen LogP contribution in [0.5, 0.6) is 11.5 Å². The number of aryl methyl sites for hydroxylation is 2. The van der Waals surface area contributed by atoms with Crippen molar-refractivity contribution in [2.45, 2.75) is 63.7 Å². The van der Waals surface area contributed by atoms with Crippen LogP contribution in [-0.4, -0.2) is 9.55 Å². The van der Waals surface area contributed by atoms with Crippen molar-refractivity contribution < 1.29 is 25.8 Å². The Labute approximate surface area is 424 Å². The molecular weight excluding hydrogens is 1040 g/mol. The van der Waals surface area contributed by atoms with Crippen LogP contribution in [0.25, 0.3) is 27.6 Å². The molecule has 8 aromatic carbocycles. The third-order valence-corrected chi connectivity index (χ3v) is 15.4. The predicted octanol–water partition coefficient (Wildman–Crippen LogP) is 15.8. The maximum atomic E-state index is 6.73. The minimum atomic E-state index is -0.0253. The van der Waals surface area contributed by atoms with Gasteiger partial charge in [0.1, 0.15) is 5.82 Å². The van der Waals surface area contributed by atoms with Gasteiger partial charge in [-0.25, -0.2) is 4.98 Å². The van der Waals surface area contributed by atoms with Crippen LogP contribution in [0.4, 0.5) is 22.7 Å². The SMILES string of the molecule is Cc1ccc2c(c1)C1c3c(cc(C)cc3N3[CH-]N(c4[c-]c(Oc5[c-]c6c(cc5)c5ccccc5n6-c5cc(C(C)(C)C)ccn5)ccc4)c4ccccc43)C2C2c3ccccc3C1c1ccccc12.[Pt]. The average Bonchev–Trinajstić information content (AvgIpc) is 3.90. The summed E-state index contributed by atoms with van der Waals surface area (Å²) in [5.74, 6) is 2.71. The summed E-state index contributed by atoms with van der Waals surface area (Å²) in [6, 6.07) is 70.1. The second kappa shape index (κ2) is 15.9. The standard InChI is InChI=1S/C64H49N4O.Pt/c1-38-25-27-50-51(31-38)63-60-48-20-8-6-18-46(48)59(47-19-7-9-21-49(47)60)61(50)52-32-39(2)33-57(62(52)63)67-37-66(54-23-12-13-24-55(54)67)41-15-14-16-42(35-41)69-43-26-28-45-44-17-10-11-22-53(44)68(56(45)36-43)58-34-40(29-30-65-58)64(3,4)5;/h6-34,37,59-61,63H,1-5H3;/q-3;. The first-order chi connectivity index (χ1) is 33.7. The molecule has 0 N–H and O–H groups in total. The molecule has 0 fully saturated rings. The van der Waals surface area contributed by atoms with E-state index in [-0.39, 0.29) is 50.2 Å². The largest absolute Gasteiger partial charge is 0.509 e. The Bertz CT molecular complexity index is 3720. The molecule has 70 heavy (non-hydrogen) atoms. The fraction of sp³-hybridized carbons (Fsp3) is 0.156. The van der Waals surface area contributed by atoms with E-state index >= 15 is 0 Å². The van der Waals surface area contributed by atoms with Crippen LogP contribution in [0.15, 0.2) is 176 Å². The Morgan fingerprint density at radius 1 is 0.514 bits per heavy atom. The molecular formula is C64H49N4OPt-3. The molecule has 6 heteroatoms. The zero-order chi connectivity index (χ0) is 46.3. The first kappa shape index (κ1) is 42.9. The van der Waals surface area contributed by atoms with E-state index in [0.717, 1.165) is 44.7 Å². The number of hydrogen-bond acceptors (Lipinski definition) is 4. The molecule has 3 heterocycles. The Morgan fingerprint density at radius 3 is 1.89 bits per heavy atom. The van der Waals surface area contributed by atoms with Crippen LogP contribution >= 0.6 is 0 Å². The average molecular weight is 1090 g/mol. The van der Waals surface area contributed by atoms with E-state index in [1.54, 1.807) is 0 Å². The molecule has 4 bridgehead atoms. The summed E-state index contributed by atoms with van der Waals surface area (Å²) in [4.78, 5) is 9.60. The summed E-state index contributed by atoms with van der Waals surface area (Å²) in [6.07, 6.45) is 1.91. The number of para-hydroxylation sites is 3. The van der Waals surface area contributed by atoms with Gasteiger partial charge in [0.2, 0.25) is 0 Å². The normalized spacial score (nSPS) is 18.1. The number of rotatable bonds is 5. The van der Waals surface area contributed by atoms with Crippen molar-refractivity contribution in [3.05, 3.63) is 256 Å². The molecule has 2 atom stereocenters. The van der Waals surface area contributed by atoms with Crippen LogP contribution in [0, 0.1) is 32.6 Å². The van der Waals surface area contributed by atoms with Crippen LogP contribution in [0.2, 0.25) is 0 Å². The molecule has 1 aliphatic heterocycles. The van der Waals surface area contributed by atoms with Gasteiger partial charge < -0.3 is 19.1 Å². The number of pyridine rings is 1. The minimum Gasteiger partial charge on any atom is -0.509 e. The Hall–Kier alpha value is -7.20. The summed E-state index contributed by atoms with van der Waals surface area (Å²) in [5.41, 5.74) is 21.8. The second-order valence-corrected chi connectivity index (χ2v) is 20.5.